The molecule has 0 aliphatic carbocycles. The molecule has 14 heavy (non-hydrogen) atoms. The van der Waals surface area contributed by atoms with Crippen LogP contribution >= 0.6 is 0 Å². The molecule has 0 spiro atoms. The lowest BCUT2D eigenvalue weighted by Crippen LogP contribution is -2.42. The number of benzene rings is 1. The Kier molecular flexibility index (Phi) is 3.04. The summed E-state index contributed by atoms with van der Waals surface area (Å²) in [5.41, 5.74) is 1.24. The molecule has 0 bridgehead atoms. The number of para-hydroxylation sites is 1. The largest absolute Gasteiger partial charge is 0.382 e. The first-order chi connectivity index (χ1) is 6.86. The molecule has 2 N–H and O–H groups in total. The highest BCUT2D eigenvalue weighted by Gasteiger charge is 2.20. The van der Waals surface area contributed by atoms with Crippen molar-refractivity contribution < 1.29 is 0 Å². The maximum atomic E-state index is 3.59. The van der Waals surface area contributed by atoms with Gasteiger partial charge in [-0.05, 0) is 37.6 Å². The van der Waals surface area contributed by atoms with Crippen molar-refractivity contribution in [2.75, 3.05) is 18.4 Å². The smallest absolute Gasteiger partial charge is 0.0342 e. The third-order valence-corrected chi connectivity index (χ3v) is 2.91. The third kappa shape index (κ3) is 2.26. The van der Waals surface area contributed by atoms with E-state index in [1.54, 1.807) is 0 Å². The fourth-order valence-electron chi connectivity index (χ4n) is 1.98. The van der Waals surface area contributed by atoms with Crippen molar-refractivity contribution in [3.63, 3.8) is 0 Å². The van der Waals surface area contributed by atoms with Crippen LogP contribution in [0.15, 0.2) is 30.3 Å². The summed E-state index contributed by atoms with van der Waals surface area (Å²) < 4.78 is 0. The van der Waals surface area contributed by atoms with Crippen LogP contribution in [0.5, 0.6) is 0 Å². The Bertz CT molecular complexity index is 271. The van der Waals surface area contributed by atoms with Gasteiger partial charge < -0.3 is 10.6 Å². The van der Waals surface area contributed by atoms with Crippen LogP contribution in [0, 0.1) is 5.92 Å². The third-order valence-electron chi connectivity index (χ3n) is 2.91. The highest BCUT2D eigenvalue weighted by molar-refractivity contribution is 5.43. The summed E-state index contributed by atoms with van der Waals surface area (Å²) in [6.45, 7) is 4.56. The molecule has 0 radical (unpaired) electrons. The Labute approximate surface area is 85.7 Å². The van der Waals surface area contributed by atoms with Gasteiger partial charge in [0.1, 0.15) is 0 Å². The minimum absolute atomic E-state index is 0.624. The van der Waals surface area contributed by atoms with E-state index in [1.807, 2.05) is 0 Å². The van der Waals surface area contributed by atoms with Gasteiger partial charge in [0, 0.05) is 11.7 Å². The quantitative estimate of drug-likeness (QED) is 0.746. The van der Waals surface area contributed by atoms with Crippen LogP contribution in [-0.4, -0.2) is 19.1 Å². The van der Waals surface area contributed by atoms with Gasteiger partial charge >= 0.3 is 0 Å². The molecule has 1 aromatic carbocycles. The van der Waals surface area contributed by atoms with Crippen LogP contribution in [0.3, 0.4) is 0 Å². The van der Waals surface area contributed by atoms with E-state index < -0.39 is 0 Å². The standard InChI is InChI=1S/C12H18N2/c1-10-9-13-8-7-12(10)14-11-5-3-2-4-6-11/h2-6,10,12-14H,7-9H2,1H3/t10-,12-/m1/s1. The summed E-state index contributed by atoms with van der Waals surface area (Å²) in [6.07, 6.45) is 1.22. The Balaban J connectivity index is 1.96. The Hall–Kier alpha value is -1.02. The topological polar surface area (TPSA) is 24.1 Å². The molecule has 1 aliphatic heterocycles. The summed E-state index contributed by atoms with van der Waals surface area (Å²) in [5, 5.41) is 7.00. The summed E-state index contributed by atoms with van der Waals surface area (Å²) in [7, 11) is 0. The predicted molar refractivity (Wildman–Crippen MR) is 60.5 cm³/mol. The first-order valence-electron chi connectivity index (χ1n) is 5.38. The Morgan fingerprint density at radius 1 is 1.29 bits per heavy atom. The van der Waals surface area contributed by atoms with Gasteiger partial charge in [-0.3, -0.25) is 0 Å². The van der Waals surface area contributed by atoms with Crippen LogP contribution in [-0.2, 0) is 0 Å². The monoisotopic (exact) mass is 190 g/mol. The van der Waals surface area contributed by atoms with E-state index in [0.717, 1.165) is 13.1 Å². The molecular weight excluding hydrogens is 172 g/mol. The van der Waals surface area contributed by atoms with E-state index in [2.05, 4.69) is 47.9 Å². The van der Waals surface area contributed by atoms with E-state index in [9.17, 15) is 0 Å². The molecule has 2 nitrogen and oxygen atoms in total. The zero-order valence-electron chi connectivity index (χ0n) is 8.66. The summed E-state index contributed by atoms with van der Waals surface area (Å²) in [4.78, 5) is 0. The van der Waals surface area contributed by atoms with E-state index in [-0.39, 0.29) is 0 Å². The molecule has 1 aromatic rings. The molecule has 1 aliphatic rings. The van der Waals surface area contributed by atoms with Crippen LogP contribution in [0.2, 0.25) is 0 Å². The van der Waals surface area contributed by atoms with Crippen molar-refractivity contribution in [3.05, 3.63) is 30.3 Å². The van der Waals surface area contributed by atoms with E-state index in [4.69, 9.17) is 0 Å². The molecule has 0 unspecified atom stereocenters. The summed E-state index contributed by atoms with van der Waals surface area (Å²) in [5.74, 6) is 0.712. The Morgan fingerprint density at radius 3 is 2.79 bits per heavy atom. The van der Waals surface area contributed by atoms with Gasteiger partial charge in [0.05, 0.1) is 0 Å². The van der Waals surface area contributed by atoms with Crippen molar-refractivity contribution in [2.24, 2.45) is 5.92 Å². The molecule has 2 atom stereocenters. The van der Waals surface area contributed by atoms with Crippen LogP contribution in [0.25, 0.3) is 0 Å². The molecule has 1 saturated heterocycles. The molecule has 76 valence electrons. The molecule has 1 heterocycles. The molecule has 0 saturated carbocycles. The van der Waals surface area contributed by atoms with Gasteiger partial charge in [0.2, 0.25) is 0 Å². The normalized spacial score (nSPS) is 27.2. The maximum Gasteiger partial charge on any atom is 0.0342 e. The van der Waals surface area contributed by atoms with Crippen LogP contribution in [0.4, 0.5) is 5.69 Å². The number of piperidine rings is 1. The van der Waals surface area contributed by atoms with Crippen molar-refractivity contribution in [2.45, 2.75) is 19.4 Å². The van der Waals surface area contributed by atoms with Gasteiger partial charge in [-0.2, -0.15) is 0 Å². The lowest BCUT2D eigenvalue weighted by Gasteiger charge is -2.31. The van der Waals surface area contributed by atoms with Gasteiger partial charge in [0.25, 0.3) is 0 Å². The van der Waals surface area contributed by atoms with Crippen LogP contribution in [0.1, 0.15) is 13.3 Å². The first-order valence-corrected chi connectivity index (χ1v) is 5.38. The molecule has 2 heteroatoms. The Morgan fingerprint density at radius 2 is 2.07 bits per heavy atom. The van der Waals surface area contributed by atoms with E-state index in [1.165, 1.54) is 12.1 Å². The lowest BCUT2D eigenvalue weighted by atomic mass is 9.95. The summed E-state index contributed by atoms with van der Waals surface area (Å²) in [6, 6.07) is 11.1. The van der Waals surface area contributed by atoms with Crippen molar-refractivity contribution in [1.82, 2.24) is 5.32 Å². The number of hydrogen-bond acceptors (Lipinski definition) is 2. The van der Waals surface area contributed by atoms with Gasteiger partial charge in [0.15, 0.2) is 0 Å². The average molecular weight is 190 g/mol. The zero-order valence-corrected chi connectivity index (χ0v) is 8.66. The van der Waals surface area contributed by atoms with Gasteiger partial charge in [-0.1, -0.05) is 25.1 Å². The number of hydrogen-bond donors (Lipinski definition) is 2. The van der Waals surface area contributed by atoms with E-state index in [0.29, 0.717) is 12.0 Å². The number of nitrogens with one attached hydrogen (secondary N) is 2. The fourth-order valence-corrected chi connectivity index (χ4v) is 1.98. The molecule has 0 aromatic heterocycles. The second-order valence-corrected chi connectivity index (χ2v) is 4.09. The highest BCUT2D eigenvalue weighted by atomic mass is 15.0. The second-order valence-electron chi connectivity index (χ2n) is 4.09. The van der Waals surface area contributed by atoms with Gasteiger partial charge in [-0.15, -0.1) is 0 Å². The zero-order chi connectivity index (χ0) is 9.80. The fraction of sp³-hybridized carbons (Fsp3) is 0.500. The minimum Gasteiger partial charge on any atom is -0.382 e. The number of rotatable bonds is 2. The molecule has 1 fully saturated rings. The SMILES string of the molecule is C[C@@H]1CNCC[C@H]1Nc1ccccc1. The van der Waals surface area contributed by atoms with Crippen molar-refractivity contribution >= 4 is 5.69 Å². The molecule has 0 amide bonds. The maximum absolute atomic E-state index is 3.59. The minimum atomic E-state index is 0.624. The predicted octanol–water partition coefficient (Wildman–Crippen LogP) is 2.10. The number of anilines is 1. The molecule has 2 rings (SSSR count). The van der Waals surface area contributed by atoms with Crippen molar-refractivity contribution in [1.29, 1.82) is 0 Å². The second kappa shape index (κ2) is 4.47. The average Bonchev–Trinajstić information content (AvgIpc) is 2.23. The van der Waals surface area contributed by atoms with Crippen LogP contribution < -0.4 is 10.6 Å². The summed E-state index contributed by atoms with van der Waals surface area (Å²) >= 11 is 0. The van der Waals surface area contributed by atoms with E-state index >= 15 is 0 Å². The highest BCUT2D eigenvalue weighted by Crippen LogP contribution is 2.16. The van der Waals surface area contributed by atoms with Gasteiger partial charge in [-0.25, -0.2) is 0 Å². The first kappa shape index (κ1) is 9.53. The lowest BCUT2D eigenvalue weighted by molar-refractivity contribution is 0.368. The molecular formula is C12H18N2. The van der Waals surface area contributed by atoms with Crippen molar-refractivity contribution in [3.8, 4) is 0 Å².